The number of aromatic nitrogens is 1. The minimum absolute atomic E-state index is 0.0563. The number of hydrogen-bond donors (Lipinski definition) is 5. The van der Waals surface area contributed by atoms with E-state index >= 15 is 0 Å². The van der Waals surface area contributed by atoms with E-state index in [9.17, 15) is 4.79 Å². The summed E-state index contributed by atoms with van der Waals surface area (Å²) in [7, 11) is 0. The summed E-state index contributed by atoms with van der Waals surface area (Å²) in [4.78, 5) is 13.1. The van der Waals surface area contributed by atoms with Crippen molar-refractivity contribution in [1.82, 2.24) is 9.88 Å². The van der Waals surface area contributed by atoms with Gasteiger partial charge in [0.25, 0.3) is 0 Å². The molecule has 0 spiro atoms. The molecule has 2 unspecified atom stereocenters. The molecule has 5 N–H and O–H groups in total. The van der Waals surface area contributed by atoms with E-state index in [0.29, 0.717) is 5.75 Å². The van der Waals surface area contributed by atoms with E-state index in [2.05, 4.69) is 42.2 Å². The number of carbonyl (C=O) groups excluding carboxylic acids is 1. The van der Waals surface area contributed by atoms with Crippen LogP contribution in [-0.4, -0.2) is 23.2 Å². The van der Waals surface area contributed by atoms with Crippen LogP contribution in [0.1, 0.15) is 62.4 Å². The largest absolute Gasteiger partial charge is 0.484 e. The Labute approximate surface area is 222 Å². The molecular formula is C28H34N6O2S. The molecule has 9 heteroatoms. The van der Waals surface area contributed by atoms with Crippen molar-refractivity contribution in [3.63, 3.8) is 0 Å². The number of fused-ring (bicyclic) bond motifs is 1. The third kappa shape index (κ3) is 6.35. The number of benzene rings is 2. The van der Waals surface area contributed by atoms with E-state index in [1.54, 1.807) is 18.3 Å². The van der Waals surface area contributed by atoms with E-state index in [0.717, 1.165) is 47.2 Å². The molecule has 0 saturated heterocycles. The fourth-order valence-electron chi connectivity index (χ4n) is 4.50. The summed E-state index contributed by atoms with van der Waals surface area (Å²) < 4.78 is 10.9. The summed E-state index contributed by atoms with van der Waals surface area (Å²) in [6, 6.07) is 17.0. The average molecular weight is 519 g/mol. The lowest BCUT2D eigenvalue weighted by Gasteiger charge is -2.32. The van der Waals surface area contributed by atoms with Gasteiger partial charge in [-0.05, 0) is 65.3 Å². The molecular weight excluding hydrogens is 484 g/mol. The number of hydrogen-bond acceptors (Lipinski definition) is 6. The minimum atomic E-state index is -0.251. The van der Waals surface area contributed by atoms with Crippen LogP contribution >= 0.6 is 11.9 Å². The number of amides is 2. The fraction of sp³-hybridized carbons (Fsp3) is 0.321. The van der Waals surface area contributed by atoms with Gasteiger partial charge in [0.2, 0.25) is 0 Å². The van der Waals surface area contributed by atoms with Gasteiger partial charge in [-0.15, -0.1) is 0 Å². The molecule has 0 radical (unpaired) electrons. The Morgan fingerprint density at radius 1 is 1.08 bits per heavy atom. The van der Waals surface area contributed by atoms with Crippen LogP contribution in [-0.2, 0) is 5.41 Å². The van der Waals surface area contributed by atoms with Gasteiger partial charge < -0.3 is 20.1 Å². The van der Waals surface area contributed by atoms with E-state index in [1.165, 1.54) is 16.5 Å². The zero-order chi connectivity index (χ0) is 26.6. The molecule has 2 aromatic carbocycles. The highest BCUT2D eigenvalue weighted by Gasteiger charge is 2.29. The zero-order valence-electron chi connectivity index (χ0n) is 21.6. The van der Waals surface area contributed by atoms with Gasteiger partial charge in [0.15, 0.2) is 0 Å². The Hall–Kier alpha value is -3.72. The molecule has 1 heterocycles. The number of urea groups is 1. The monoisotopic (exact) mass is 518 g/mol. The fourth-order valence-corrected chi connectivity index (χ4v) is 4.85. The average Bonchev–Trinajstić information content (AvgIpc) is 2.86. The van der Waals surface area contributed by atoms with Crippen molar-refractivity contribution < 1.29 is 9.53 Å². The Morgan fingerprint density at radius 3 is 2.51 bits per heavy atom. The van der Waals surface area contributed by atoms with Crippen LogP contribution in [0, 0.1) is 10.8 Å². The first-order chi connectivity index (χ1) is 17.7. The summed E-state index contributed by atoms with van der Waals surface area (Å²) in [5.74, 6) is 0.594. The molecule has 0 bridgehead atoms. The van der Waals surface area contributed by atoms with Gasteiger partial charge >= 0.3 is 6.03 Å². The topological polar surface area (TPSA) is 115 Å². The van der Waals surface area contributed by atoms with Gasteiger partial charge in [0.1, 0.15) is 17.3 Å². The van der Waals surface area contributed by atoms with Crippen LogP contribution in [0.25, 0.3) is 0 Å². The Kier molecular flexibility index (Phi) is 7.92. The van der Waals surface area contributed by atoms with Crippen molar-refractivity contribution in [3.05, 3.63) is 83.0 Å². The smallest absolute Gasteiger partial charge is 0.319 e. The molecule has 194 valence electrons. The third-order valence-corrected chi connectivity index (χ3v) is 6.83. The van der Waals surface area contributed by atoms with Crippen molar-refractivity contribution in [1.29, 1.82) is 10.8 Å². The molecule has 1 aliphatic rings. The van der Waals surface area contributed by atoms with Gasteiger partial charge in [-0.25, -0.2) is 4.79 Å². The van der Waals surface area contributed by atoms with Crippen molar-refractivity contribution in [2.75, 3.05) is 16.3 Å². The normalized spacial score (nSPS) is 16.9. The molecule has 0 aliphatic heterocycles. The van der Waals surface area contributed by atoms with Gasteiger partial charge in [-0.3, -0.25) is 15.4 Å². The first-order valence-electron chi connectivity index (χ1n) is 12.2. The second-order valence-corrected chi connectivity index (χ2v) is 10.7. The zero-order valence-corrected chi connectivity index (χ0v) is 22.4. The van der Waals surface area contributed by atoms with Crippen molar-refractivity contribution in [3.8, 4) is 5.75 Å². The second-order valence-electron chi connectivity index (χ2n) is 10.1. The highest BCUT2D eigenvalue weighted by Crippen LogP contribution is 2.38. The maximum Gasteiger partial charge on any atom is 0.319 e. The maximum absolute atomic E-state index is 13.1. The standard InChI is InChI=1S/C28H34N6O2S/c1-28(2,3)18-13-19(15-20(14-18)33-37-4)31-27(35)32-24-10-11-25(23-8-6-5-7-22(23)24)36-21-9-12-26(30)34(16-21)17-29/h5-9,12-17,24-25,29-30,33H,10-11H2,1-4H3,(H2,31,32,35). The number of nitrogens with zero attached hydrogens (tertiary/aromatic N) is 1. The first kappa shape index (κ1) is 26.3. The Balaban J connectivity index is 1.50. The SMILES string of the molecule is CSNc1cc(NC(=O)NC2CCC(Oc3ccc(=N)n(C=N)c3)c3ccccc32)cc(C(C)(C)C)c1. The molecule has 0 saturated carbocycles. The molecule has 0 fully saturated rings. The molecule has 3 aromatic rings. The molecule has 2 amide bonds. The number of ether oxygens (including phenoxy) is 1. The molecule has 2 atom stereocenters. The summed E-state index contributed by atoms with van der Waals surface area (Å²) in [5.41, 5.74) is 5.03. The highest BCUT2D eigenvalue weighted by atomic mass is 32.2. The van der Waals surface area contributed by atoms with Crippen LogP contribution in [0.15, 0.2) is 60.8 Å². The summed E-state index contributed by atoms with van der Waals surface area (Å²) >= 11 is 1.51. The number of rotatable bonds is 7. The summed E-state index contributed by atoms with van der Waals surface area (Å²) in [6.07, 6.45) is 5.95. The van der Waals surface area contributed by atoms with E-state index in [4.69, 9.17) is 15.6 Å². The number of nitrogens with one attached hydrogen (secondary N) is 5. The Morgan fingerprint density at radius 2 is 1.81 bits per heavy atom. The lowest BCUT2D eigenvalue weighted by Crippen LogP contribution is -2.35. The van der Waals surface area contributed by atoms with Crippen molar-refractivity contribution in [2.24, 2.45) is 0 Å². The third-order valence-electron chi connectivity index (χ3n) is 6.39. The lowest BCUT2D eigenvalue weighted by molar-refractivity contribution is 0.171. The van der Waals surface area contributed by atoms with E-state index < -0.39 is 0 Å². The van der Waals surface area contributed by atoms with Gasteiger partial charge in [0.05, 0.1) is 18.6 Å². The summed E-state index contributed by atoms with van der Waals surface area (Å²) in [5, 5.41) is 21.5. The quantitative estimate of drug-likeness (QED) is 0.146. The van der Waals surface area contributed by atoms with Crippen LogP contribution in [0.4, 0.5) is 16.2 Å². The lowest BCUT2D eigenvalue weighted by atomic mass is 9.85. The molecule has 1 aliphatic carbocycles. The van der Waals surface area contributed by atoms with E-state index in [1.807, 2.05) is 42.7 Å². The van der Waals surface area contributed by atoms with Crippen LogP contribution in [0.5, 0.6) is 5.75 Å². The van der Waals surface area contributed by atoms with Crippen LogP contribution in [0.2, 0.25) is 0 Å². The highest BCUT2D eigenvalue weighted by molar-refractivity contribution is 7.99. The number of pyridine rings is 1. The van der Waals surface area contributed by atoms with Crippen molar-refractivity contribution >= 4 is 35.7 Å². The van der Waals surface area contributed by atoms with Crippen molar-refractivity contribution in [2.45, 2.75) is 51.2 Å². The predicted molar refractivity (Wildman–Crippen MR) is 151 cm³/mol. The molecule has 37 heavy (non-hydrogen) atoms. The summed E-state index contributed by atoms with van der Waals surface area (Å²) in [6.45, 7) is 6.45. The van der Waals surface area contributed by atoms with E-state index in [-0.39, 0.29) is 29.1 Å². The van der Waals surface area contributed by atoms with Crippen LogP contribution in [0.3, 0.4) is 0 Å². The van der Waals surface area contributed by atoms with Crippen LogP contribution < -0.4 is 25.6 Å². The molecule has 1 aromatic heterocycles. The number of anilines is 2. The van der Waals surface area contributed by atoms with Gasteiger partial charge in [-0.1, -0.05) is 57.0 Å². The Bertz CT molecular complexity index is 1350. The molecule has 4 rings (SSSR count). The second kappa shape index (κ2) is 11.1. The van der Waals surface area contributed by atoms with Gasteiger partial charge in [-0.2, -0.15) is 0 Å². The predicted octanol–water partition coefficient (Wildman–Crippen LogP) is 6.19. The maximum atomic E-state index is 13.1. The minimum Gasteiger partial charge on any atom is -0.484 e. The number of carbonyl (C=O) groups is 1. The first-order valence-corrected chi connectivity index (χ1v) is 13.5. The van der Waals surface area contributed by atoms with Gasteiger partial charge in [0, 0.05) is 17.6 Å². The molecule has 8 nitrogen and oxygen atoms in total.